The molecule has 0 N–H and O–H groups in total. The van der Waals surface area contributed by atoms with Crippen LogP contribution in [0.3, 0.4) is 0 Å². The van der Waals surface area contributed by atoms with Crippen LogP contribution in [-0.4, -0.2) is 14.7 Å². The summed E-state index contributed by atoms with van der Waals surface area (Å²) in [4.78, 5) is 0. The average molecular weight is 135 g/mol. The molecule has 0 bridgehead atoms. The van der Waals surface area contributed by atoms with Crippen molar-refractivity contribution in [2.75, 3.05) is 5.08 Å². The molecule has 0 saturated heterocycles. The predicted octanol–water partition coefficient (Wildman–Crippen LogP) is 0.773. The minimum absolute atomic E-state index is 0.659. The SMILES string of the molecule is CC1=N[S+]([O-])CS1. The lowest BCUT2D eigenvalue weighted by Crippen LogP contribution is -1.90. The third-order valence-corrected chi connectivity index (χ3v) is 2.98. The summed E-state index contributed by atoms with van der Waals surface area (Å²) < 4.78 is 14.1. The van der Waals surface area contributed by atoms with Gasteiger partial charge in [-0.3, -0.25) is 0 Å². The summed E-state index contributed by atoms with van der Waals surface area (Å²) in [7, 11) is 0. The van der Waals surface area contributed by atoms with Crippen LogP contribution < -0.4 is 0 Å². The van der Waals surface area contributed by atoms with E-state index in [2.05, 4.69) is 4.40 Å². The van der Waals surface area contributed by atoms with Crippen LogP contribution in [0.15, 0.2) is 4.40 Å². The molecule has 0 saturated carbocycles. The monoisotopic (exact) mass is 135 g/mol. The molecule has 1 aliphatic heterocycles. The normalized spacial score (nSPS) is 30.6. The highest BCUT2D eigenvalue weighted by molar-refractivity contribution is 8.24. The van der Waals surface area contributed by atoms with E-state index in [0.29, 0.717) is 5.08 Å². The summed E-state index contributed by atoms with van der Waals surface area (Å²) in [5, 5.41) is 1.60. The lowest BCUT2D eigenvalue weighted by atomic mass is 10.9. The van der Waals surface area contributed by atoms with Gasteiger partial charge >= 0.3 is 0 Å². The van der Waals surface area contributed by atoms with Gasteiger partial charge in [-0.1, -0.05) is 16.2 Å². The van der Waals surface area contributed by atoms with Gasteiger partial charge in [0.2, 0.25) is 0 Å². The second-order valence-electron chi connectivity index (χ2n) is 1.19. The van der Waals surface area contributed by atoms with Crippen LogP contribution in [0.1, 0.15) is 6.92 Å². The van der Waals surface area contributed by atoms with Crippen molar-refractivity contribution in [3.8, 4) is 0 Å². The van der Waals surface area contributed by atoms with E-state index in [1.54, 1.807) is 11.8 Å². The number of rotatable bonds is 0. The molecule has 0 fully saturated rings. The molecular formula is C3H5NOS2. The van der Waals surface area contributed by atoms with E-state index in [9.17, 15) is 4.55 Å². The van der Waals surface area contributed by atoms with Gasteiger partial charge in [0.05, 0.1) is 0 Å². The van der Waals surface area contributed by atoms with Gasteiger partial charge in [-0.25, -0.2) is 0 Å². The van der Waals surface area contributed by atoms with E-state index in [-0.39, 0.29) is 0 Å². The molecule has 0 radical (unpaired) electrons. The second kappa shape index (κ2) is 2.07. The van der Waals surface area contributed by atoms with Crippen molar-refractivity contribution in [3.63, 3.8) is 0 Å². The molecule has 2 nitrogen and oxygen atoms in total. The molecule has 0 spiro atoms. The molecule has 1 aliphatic rings. The molecular weight excluding hydrogens is 130 g/mol. The first kappa shape index (κ1) is 5.47. The largest absolute Gasteiger partial charge is 0.591 e. The van der Waals surface area contributed by atoms with E-state index < -0.39 is 11.4 Å². The Morgan fingerprint density at radius 2 is 2.71 bits per heavy atom. The van der Waals surface area contributed by atoms with Gasteiger partial charge in [-0.2, -0.15) is 0 Å². The van der Waals surface area contributed by atoms with Crippen molar-refractivity contribution >= 4 is 28.2 Å². The molecule has 1 rings (SSSR count). The third-order valence-electron chi connectivity index (χ3n) is 0.599. The summed E-state index contributed by atoms with van der Waals surface area (Å²) >= 11 is 0.653. The van der Waals surface area contributed by atoms with Crippen LogP contribution in [0.4, 0.5) is 0 Å². The van der Waals surface area contributed by atoms with Crippen LogP contribution in [0.25, 0.3) is 0 Å². The Kier molecular flexibility index (Phi) is 1.61. The van der Waals surface area contributed by atoms with Crippen molar-refractivity contribution in [2.24, 2.45) is 4.40 Å². The smallest absolute Gasteiger partial charge is 0.184 e. The Labute approximate surface area is 49.7 Å². The fourth-order valence-electron chi connectivity index (χ4n) is 0.332. The number of hydrogen-bond donors (Lipinski definition) is 0. The maximum absolute atomic E-state index is 10.4. The summed E-state index contributed by atoms with van der Waals surface area (Å²) in [6.45, 7) is 1.87. The summed E-state index contributed by atoms with van der Waals surface area (Å²) in [6, 6.07) is 0. The van der Waals surface area contributed by atoms with Crippen molar-refractivity contribution < 1.29 is 4.55 Å². The zero-order valence-electron chi connectivity index (χ0n) is 3.88. The Morgan fingerprint density at radius 1 is 2.00 bits per heavy atom. The van der Waals surface area contributed by atoms with Crippen LogP contribution >= 0.6 is 11.8 Å². The lowest BCUT2D eigenvalue weighted by molar-refractivity contribution is 0.602. The number of nitrogens with zero attached hydrogens (tertiary/aromatic N) is 1. The first-order valence-corrected chi connectivity index (χ1v) is 4.12. The molecule has 1 heterocycles. The molecule has 4 heteroatoms. The second-order valence-corrected chi connectivity index (χ2v) is 3.84. The maximum Gasteiger partial charge on any atom is 0.184 e. The number of hydrogen-bond acceptors (Lipinski definition) is 3. The topological polar surface area (TPSA) is 35.4 Å². The highest BCUT2D eigenvalue weighted by Crippen LogP contribution is 2.17. The van der Waals surface area contributed by atoms with Gasteiger partial charge in [-0.15, -0.1) is 0 Å². The molecule has 0 aromatic rings. The van der Waals surface area contributed by atoms with Gasteiger partial charge in [0.25, 0.3) is 0 Å². The van der Waals surface area contributed by atoms with Gasteiger partial charge in [0.1, 0.15) is 16.4 Å². The quantitative estimate of drug-likeness (QED) is 0.460. The van der Waals surface area contributed by atoms with Crippen molar-refractivity contribution in [2.45, 2.75) is 6.92 Å². The lowest BCUT2D eigenvalue weighted by Gasteiger charge is -1.88. The van der Waals surface area contributed by atoms with Gasteiger partial charge in [0.15, 0.2) is 5.08 Å². The Hall–Kier alpha value is 0.330. The summed E-state index contributed by atoms with van der Waals surface area (Å²) in [6.07, 6.45) is 0. The zero-order chi connectivity index (χ0) is 5.28. The van der Waals surface area contributed by atoms with Crippen LogP contribution in [0.5, 0.6) is 0 Å². The standard InChI is InChI=1S/C3H5NOS2/c1-3-4-7(5)2-6-3/h2H2,1H3. The zero-order valence-corrected chi connectivity index (χ0v) is 5.51. The molecule has 0 aromatic heterocycles. The number of thioether (sulfide) groups is 1. The minimum Gasteiger partial charge on any atom is -0.591 e. The first-order valence-electron chi connectivity index (χ1n) is 1.85. The van der Waals surface area contributed by atoms with Crippen LogP contribution in [0.2, 0.25) is 0 Å². The van der Waals surface area contributed by atoms with E-state index in [1.807, 2.05) is 6.92 Å². The molecule has 0 aromatic carbocycles. The fraction of sp³-hybridized carbons (Fsp3) is 0.667. The van der Waals surface area contributed by atoms with Crippen molar-refractivity contribution in [1.29, 1.82) is 0 Å². The fourth-order valence-corrected chi connectivity index (χ4v) is 2.38. The highest BCUT2D eigenvalue weighted by Gasteiger charge is 2.14. The van der Waals surface area contributed by atoms with Gasteiger partial charge in [-0.05, 0) is 6.92 Å². The predicted molar refractivity (Wildman–Crippen MR) is 33.7 cm³/mol. The van der Waals surface area contributed by atoms with Crippen molar-refractivity contribution in [3.05, 3.63) is 0 Å². The van der Waals surface area contributed by atoms with Crippen LogP contribution in [-0.2, 0) is 11.4 Å². The molecule has 1 atom stereocenters. The molecule has 1 unspecified atom stereocenters. The summed E-state index contributed by atoms with van der Waals surface area (Å²) in [5.41, 5.74) is 0. The first-order chi connectivity index (χ1) is 3.29. The van der Waals surface area contributed by atoms with Crippen molar-refractivity contribution in [1.82, 2.24) is 0 Å². The van der Waals surface area contributed by atoms with E-state index in [1.165, 1.54) is 0 Å². The van der Waals surface area contributed by atoms with E-state index in [4.69, 9.17) is 0 Å². The summed E-state index contributed by atoms with van der Waals surface area (Å²) in [5.74, 6) is 0. The highest BCUT2D eigenvalue weighted by atomic mass is 32.3. The Morgan fingerprint density at radius 3 is 2.86 bits per heavy atom. The Balaban J connectivity index is 2.50. The Bertz CT molecular complexity index is 103. The minimum atomic E-state index is -0.902. The average Bonchev–Trinajstić information content (AvgIpc) is 1.87. The van der Waals surface area contributed by atoms with Gasteiger partial charge in [0, 0.05) is 0 Å². The molecule has 7 heavy (non-hydrogen) atoms. The van der Waals surface area contributed by atoms with E-state index in [0.717, 1.165) is 5.04 Å². The molecule has 0 aliphatic carbocycles. The maximum atomic E-state index is 10.4. The third kappa shape index (κ3) is 1.36. The molecule has 40 valence electrons. The molecule has 0 amide bonds. The van der Waals surface area contributed by atoms with Crippen LogP contribution in [0, 0.1) is 0 Å². The van der Waals surface area contributed by atoms with Gasteiger partial charge < -0.3 is 4.55 Å². The van der Waals surface area contributed by atoms with E-state index >= 15 is 0 Å².